The number of hydrogen-bond donors (Lipinski definition) is 0. The molecule has 0 N–H and O–H groups in total. The van der Waals surface area contributed by atoms with Gasteiger partial charge in [0.05, 0.1) is 0 Å². The SMILES string of the molecule is CN(C)C(=NS(=O)(=O)c1ccccc1Br)N(C)C. The Balaban J connectivity index is 3.32. The van der Waals surface area contributed by atoms with Crippen molar-refractivity contribution in [1.29, 1.82) is 0 Å². The Morgan fingerprint density at radius 1 is 1.11 bits per heavy atom. The Labute approximate surface area is 116 Å². The summed E-state index contributed by atoms with van der Waals surface area (Å²) in [5.74, 6) is 0.366. The Morgan fingerprint density at radius 2 is 1.61 bits per heavy atom. The van der Waals surface area contributed by atoms with Crippen molar-refractivity contribution in [1.82, 2.24) is 9.80 Å². The zero-order valence-corrected chi connectivity index (χ0v) is 13.2. The molecule has 5 nitrogen and oxygen atoms in total. The third kappa shape index (κ3) is 3.46. The first-order chi connectivity index (χ1) is 8.25. The minimum Gasteiger partial charge on any atom is -0.348 e. The molecule has 0 aromatic heterocycles. The Morgan fingerprint density at radius 3 is 2.06 bits per heavy atom. The molecule has 0 unspecified atom stereocenters. The molecule has 0 saturated carbocycles. The van der Waals surface area contributed by atoms with Crippen molar-refractivity contribution in [2.75, 3.05) is 28.2 Å². The number of guanidine groups is 1. The zero-order valence-electron chi connectivity index (χ0n) is 10.8. The largest absolute Gasteiger partial charge is 0.348 e. The molecule has 100 valence electrons. The summed E-state index contributed by atoms with van der Waals surface area (Å²) in [7, 11) is 3.26. The van der Waals surface area contributed by atoms with Crippen LogP contribution >= 0.6 is 15.9 Å². The highest BCUT2D eigenvalue weighted by molar-refractivity contribution is 9.10. The van der Waals surface area contributed by atoms with E-state index in [1.54, 1.807) is 56.2 Å². The predicted molar refractivity (Wildman–Crippen MR) is 76.1 cm³/mol. The monoisotopic (exact) mass is 333 g/mol. The van der Waals surface area contributed by atoms with E-state index in [0.717, 1.165) is 0 Å². The van der Waals surface area contributed by atoms with Crippen molar-refractivity contribution in [3.05, 3.63) is 28.7 Å². The molecule has 18 heavy (non-hydrogen) atoms. The maximum absolute atomic E-state index is 12.2. The second kappa shape index (κ2) is 5.71. The highest BCUT2D eigenvalue weighted by Gasteiger charge is 2.19. The van der Waals surface area contributed by atoms with Crippen LogP contribution in [0.15, 0.2) is 38.0 Å². The fourth-order valence-corrected chi connectivity index (χ4v) is 3.48. The fraction of sp³-hybridized carbons (Fsp3) is 0.364. The highest BCUT2D eigenvalue weighted by Crippen LogP contribution is 2.23. The first-order valence-corrected chi connectivity index (χ1v) is 7.43. The van der Waals surface area contributed by atoms with Crippen LogP contribution in [-0.2, 0) is 10.0 Å². The molecule has 1 aromatic carbocycles. The van der Waals surface area contributed by atoms with E-state index >= 15 is 0 Å². The minimum absolute atomic E-state index is 0.159. The number of benzene rings is 1. The van der Waals surface area contributed by atoms with Gasteiger partial charge in [0.2, 0.25) is 5.96 Å². The van der Waals surface area contributed by atoms with Gasteiger partial charge in [-0.05, 0) is 28.1 Å². The van der Waals surface area contributed by atoms with Crippen molar-refractivity contribution in [2.45, 2.75) is 4.90 Å². The second-order valence-corrected chi connectivity index (χ2v) is 6.51. The summed E-state index contributed by atoms with van der Waals surface area (Å²) >= 11 is 3.22. The molecule has 0 radical (unpaired) electrons. The molecule has 0 bridgehead atoms. The van der Waals surface area contributed by atoms with Crippen LogP contribution in [0.3, 0.4) is 0 Å². The molecule has 0 aliphatic rings. The van der Waals surface area contributed by atoms with E-state index in [9.17, 15) is 8.42 Å². The lowest BCUT2D eigenvalue weighted by molar-refractivity contribution is 0.484. The zero-order chi connectivity index (χ0) is 13.9. The van der Waals surface area contributed by atoms with Crippen molar-refractivity contribution >= 4 is 31.9 Å². The van der Waals surface area contributed by atoms with Gasteiger partial charge in [-0.1, -0.05) is 12.1 Å². The van der Waals surface area contributed by atoms with E-state index in [0.29, 0.717) is 10.4 Å². The van der Waals surface area contributed by atoms with Gasteiger partial charge in [-0.25, -0.2) is 0 Å². The summed E-state index contributed by atoms with van der Waals surface area (Å²) in [5.41, 5.74) is 0. The van der Waals surface area contributed by atoms with Crippen molar-refractivity contribution < 1.29 is 8.42 Å². The third-order valence-electron chi connectivity index (χ3n) is 2.12. The van der Waals surface area contributed by atoms with Gasteiger partial charge in [0.25, 0.3) is 10.0 Å². The minimum atomic E-state index is -3.72. The van der Waals surface area contributed by atoms with E-state index in [4.69, 9.17) is 0 Å². The normalized spacial score (nSPS) is 10.9. The van der Waals surface area contributed by atoms with Crippen LogP contribution in [0.2, 0.25) is 0 Å². The summed E-state index contributed by atoms with van der Waals surface area (Å²) in [5, 5.41) is 0. The van der Waals surface area contributed by atoms with Crippen LogP contribution in [0.5, 0.6) is 0 Å². The van der Waals surface area contributed by atoms with E-state index in [1.807, 2.05) is 0 Å². The second-order valence-electron chi connectivity index (χ2n) is 4.09. The molecule has 0 saturated heterocycles. The van der Waals surface area contributed by atoms with E-state index < -0.39 is 10.0 Å². The van der Waals surface area contributed by atoms with Gasteiger partial charge in [0.15, 0.2) is 0 Å². The number of nitrogens with zero attached hydrogens (tertiary/aromatic N) is 3. The Hall–Kier alpha value is -1.08. The fourth-order valence-electron chi connectivity index (χ4n) is 1.37. The van der Waals surface area contributed by atoms with Gasteiger partial charge in [-0.15, -0.1) is 4.40 Å². The topological polar surface area (TPSA) is 53.0 Å². The third-order valence-corrected chi connectivity index (χ3v) is 4.39. The number of sulfonamides is 1. The molecule has 0 spiro atoms. The van der Waals surface area contributed by atoms with Crippen LogP contribution in [0.25, 0.3) is 0 Å². The van der Waals surface area contributed by atoms with Crippen LogP contribution in [0.4, 0.5) is 0 Å². The standard InChI is InChI=1S/C11H16BrN3O2S/c1-14(2)11(15(3)4)13-18(16,17)10-8-6-5-7-9(10)12/h5-8H,1-4H3. The predicted octanol–water partition coefficient (Wildman–Crippen LogP) is 1.62. The van der Waals surface area contributed by atoms with Gasteiger partial charge >= 0.3 is 0 Å². The summed E-state index contributed by atoms with van der Waals surface area (Å²) in [6.07, 6.45) is 0. The van der Waals surface area contributed by atoms with E-state index in [-0.39, 0.29) is 4.90 Å². The van der Waals surface area contributed by atoms with Gasteiger partial charge in [0, 0.05) is 32.7 Å². The molecule has 1 aromatic rings. The van der Waals surface area contributed by atoms with Crippen LogP contribution in [0, 0.1) is 0 Å². The number of hydrogen-bond acceptors (Lipinski definition) is 2. The molecule has 0 heterocycles. The lowest BCUT2D eigenvalue weighted by Crippen LogP contribution is -2.36. The molecular weight excluding hydrogens is 318 g/mol. The average molecular weight is 334 g/mol. The van der Waals surface area contributed by atoms with Gasteiger partial charge in [-0.3, -0.25) is 0 Å². The lowest BCUT2D eigenvalue weighted by Gasteiger charge is -2.22. The Bertz CT molecular complexity index is 543. The van der Waals surface area contributed by atoms with Crippen LogP contribution in [0.1, 0.15) is 0 Å². The maximum atomic E-state index is 12.2. The Kier molecular flexibility index (Phi) is 4.75. The molecule has 0 amide bonds. The summed E-state index contributed by atoms with van der Waals surface area (Å²) < 4.78 is 28.8. The lowest BCUT2D eigenvalue weighted by atomic mass is 10.4. The molecule has 1 rings (SSSR count). The molecular formula is C11H16BrN3O2S. The van der Waals surface area contributed by atoms with Crippen molar-refractivity contribution in [3.63, 3.8) is 0 Å². The summed E-state index contributed by atoms with van der Waals surface area (Å²) in [4.78, 5) is 3.45. The first-order valence-electron chi connectivity index (χ1n) is 5.20. The highest BCUT2D eigenvalue weighted by atomic mass is 79.9. The van der Waals surface area contributed by atoms with Crippen molar-refractivity contribution in [3.8, 4) is 0 Å². The van der Waals surface area contributed by atoms with Gasteiger partial charge in [-0.2, -0.15) is 8.42 Å². The maximum Gasteiger partial charge on any atom is 0.286 e. The van der Waals surface area contributed by atoms with Crippen molar-refractivity contribution in [2.24, 2.45) is 4.40 Å². The van der Waals surface area contributed by atoms with Crippen LogP contribution in [-0.4, -0.2) is 52.4 Å². The summed E-state index contributed by atoms with van der Waals surface area (Å²) in [6.45, 7) is 0. The molecule has 7 heteroatoms. The number of rotatable bonds is 2. The quantitative estimate of drug-likeness (QED) is 0.609. The van der Waals surface area contributed by atoms with E-state index in [2.05, 4.69) is 20.3 Å². The number of halogens is 1. The molecule has 0 atom stereocenters. The van der Waals surface area contributed by atoms with Crippen LogP contribution < -0.4 is 0 Å². The average Bonchev–Trinajstić information content (AvgIpc) is 2.25. The smallest absolute Gasteiger partial charge is 0.286 e. The molecule has 0 aliphatic heterocycles. The van der Waals surface area contributed by atoms with Gasteiger partial charge < -0.3 is 9.80 Å². The molecule has 0 aliphatic carbocycles. The first kappa shape index (κ1) is 15.0. The summed E-state index contributed by atoms with van der Waals surface area (Å²) in [6, 6.07) is 6.61. The van der Waals surface area contributed by atoms with E-state index in [1.165, 1.54) is 6.07 Å². The van der Waals surface area contributed by atoms with Gasteiger partial charge in [0.1, 0.15) is 4.90 Å². The molecule has 0 fully saturated rings.